The average molecular weight is 275 g/mol. The molecule has 5 heteroatoms. The van der Waals surface area contributed by atoms with Gasteiger partial charge in [0.25, 0.3) is 0 Å². The Labute approximate surface area is 118 Å². The Morgan fingerprint density at radius 2 is 2.00 bits per heavy atom. The summed E-state index contributed by atoms with van der Waals surface area (Å²) in [7, 11) is 0. The maximum Gasteiger partial charge on any atom is 0.335 e. The summed E-state index contributed by atoms with van der Waals surface area (Å²) >= 11 is 0. The van der Waals surface area contributed by atoms with Gasteiger partial charge in [0.15, 0.2) is 0 Å². The van der Waals surface area contributed by atoms with Crippen molar-refractivity contribution in [1.29, 1.82) is 0 Å². The predicted octanol–water partition coefficient (Wildman–Crippen LogP) is 1.42. The highest BCUT2D eigenvalue weighted by molar-refractivity contribution is 6.00. The summed E-state index contributed by atoms with van der Waals surface area (Å²) in [5.41, 5.74) is 15.6. The highest BCUT2D eigenvalue weighted by Crippen LogP contribution is 2.30. The normalized spacial score (nSPS) is 11.2. The van der Waals surface area contributed by atoms with Gasteiger partial charge >= 0.3 is 5.97 Å². The van der Waals surface area contributed by atoms with Gasteiger partial charge in [-0.3, -0.25) is 0 Å². The second-order valence-electron chi connectivity index (χ2n) is 5.07. The summed E-state index contributed by atoms with van der Waals surface area (Å²) < 4.78 is 2.11. The zero-order chi connectivity index (χ0) is 14.9. The molecule has 1 heterocycles. The van der Waals surface area contributed by atoms with Gasteiger partial charge in [-0.25, -0.2) is 4.79 Å². The van der Waals surface area contributed by atoms with Crippen molar-refractivity contribution < 1.29 is 9.90 Å². The number of carbonyl (C=O) groups is 1. The van der Waals surface area contributed by atoms with E-state index in [9.17, 15) is 9.90 Å². The number of fused-ring (bicyclic) bond motifs is 1. The van der Waals surface area contributed by atoms with Crippen LogP contribution in [0.25, 0.3) is 10.9 Å². The molecule has 0 atom stereocenters. The number of hydrogen-bond acceptors (Lipinski definition) is 3. The van der Waals surface area contributed by atoms with Crippen LogP contribution in [0, 0.1) is 13.8 Å². The Balaban J connectivity index is 2.82. The largest absolute Gasteiger partial charge is 0.478 e. The third kappa shape index (κ3) is 2.30. The van der Waals surface area contributed by atoms with E-state index in [1.54, 1.807) is 6.07 Å². The van der Waals surface area contributed by atoms with Crippen molar-refractivity contribution in [1.82, 2.24) is 4.57 Å². The molecular formula is C15H21N3O2. The van der Waals surface area contributed by atoms with Crippen molar-refractivity contribution in [3.63, 3.8) is 0 Å². The lowest BCUT2D eigenvalue weighted by atomic mass is 9.97. The summed E-state index contributed by atoms with van der Waals surface area (Å²) in [6.07, 6.45) is 2.79. The Morgan fingerprint density at radius 3 is 2.55 bits per heavy atom. The average Bonchev–Trinajstić information content (AvgIpc) is 2.74. The second-order valence-corrected chi connectivity index (χ2v) is 5.07. The fourth-order valence-electron chi connectivity index (χ4n) is 2.87. The molecule has 0 unspecified atom stereocenters. The molecule has 0 aliphatic heterocycles. The molecule has 2 aromatic rings. The zero-order valence-electron chi connectivity index (χ0n) is 11.9. The van der Waals surface area contributed by atoms with Gasteiger partial charge in [0.05, 0.1) is 11.1 Å². The number of carboxylic acid groups (broad SMARTS) is 1. The van der Waals surface area contributed by atoms with Gasteiger partial charge < -0.3 is 21.1 Å². The lowest BCUT2D eigenvalue weighted by Crippen LogP contribution is -2.09. The third-order valence-electron chi connectivity index (χ3n) is 3.68. The van der Waals surface area contributed by atoms with Crippen molar-refractivity contribution >= 4 is 16.9 Å². The number of hydrogen-bond donors (Lipinski definition) is 3. The van der Waals surface area contributed by atoms with Gasteiger partial charge in [0.2, 0.25) is 0 Å². The van der Waals surface area contributed by atoms with E-state index in [-0.39, 0.29) is 0 Å². The minimum atomic E-state index is -0.891. The number of nitrogens with two attached hydrogens (primary N) is 2. The number of aryl methyl sites for hydroxylation is 2. The smallest absolute Gasteiger partial charge is 0.335 e. The fourth-order valence-corrected chi connectivity index (χ4v) is 2.87. The number of nitrogens with zero attached hydrogens (tertiary/aromatic N) is 1. The van der Waals surface area contributed by atoms with E-state index < -0.39 is 5.97 Å². The Bertz CT molecular complexity index is 659. The molecular weight excluding hydrogens is 254 g/mol. The van der Waals surface area contributed by atoms with Gasteiger partial charge in [-0.15, -0.1) is 0 Å². The molecule has 5 nitrogen and oxygen atoms in total. The first-order valence-electron chi connectivity index (χ1n) is 6.76. The van der Waals surface area contributed by atoms with E-state index >= 15 is 0 Å². The minimum absolute atomic E-state index is 0.360. The van der Waals surface area contributed by atoms with Crippen LogP contribution >= 0.6 is 0 Å². The molecule has 0 radical (unpaired) electrons. The van der Waals surface area contributed by atoms with Crippen LogP contribution in [0.2, 0.25) is 0 Å². The summed E-state index contributed by atoms with van der Waals surface area (Å²) in [5, 5.41) is 10.3. The van der Waals surface area contributed by atoms with Crippen LogP contribution < -0.4 is 11.5 Å². The first kappa shape index (κ1) is 14.6. The van der Waals surface area contributed by atoms with Crippen molar-refractivity contribution in [3.05, 3.63) is 34.5 Å². The molecule has 0 amide bonds. The van der Waals surface area contributed by atoms with Crippen molar-refractivity contribution in [2.24, 2.45) is 11.5 Å². The third-order valence-corrected chi connectivity index (χ3v) is 3.68. The number of aromatic nitrogens is 1. The summed E-state index contributed by atoms with van der Waals surface area (Å²) in [5.74, 6) is -0.891. The molecule has 20 heavy (non-hydrogen) atoms. The van der Waals surface area contributed by atoms with E-state index in [4.69, 9.17) is 11.5 Å². The summed E-state index contributed by atoms with van der Waals surface area (Å²) in [6, 6.07) is 1.74. The molecule has 108 valence electrons. The van der Waals surface area contributed by atoms with Gasteiger partial charge in [-0.2, -0.15) is 0 Å². The van der Waals surface area contributed by atoms with Gasteiger partial charge in [-0.05, 0) is 49.6 Å². The highest BCUT2D eigenvalue weighted by atomic mass is 16.4. The first-order chi connectivity index (χ1) is 9.51. The number of rotatable bonds is 5. The van der Waals surface area contributed by atoms with E-state index in [0.717, 1.165) is 34.0 Å². The van der Waals surface area contributed by atoms with E-state index in [1.807, 2.05) is 13.8 Å². The van der Waals surface area contributed by atoms with Gasteiger partial charge in [0.1, 0.15) is 0 Å². The van der Waals surface area contributed by atoms with Gasteiger partial charge in [-0.1, -0.05) is 0 Å². The van der Waals surface area contributed by atoms with E-state index in [2.05, 4.69) is 10.8 Å². The van der Waals surface area contributed by atoms with Crippen molar-refractivity contribution in [3.8, 4) is 0 Å². The number of aromatic carboxylic acids is 1. The van der Waals surface area contributed by atoms with Crippen LogP contribution in [0.5, 0.6) is 0 Å². The standard InChI is InChI=1S/C15H21N3O2/c1-9-7-12(15(19)20)10(2)13-11(3-4-16)8-18(6-5-17)14(9)13/h7-8H,3-6,16-17H2,1-2H3,(H,19,20). The number of benzene rings is 1. The van der Waals surface area contributed by atoms with E-state index in [1.165, 1.54) is 0 Å². The molecule has 2 rings (SSSR count). The Hall–Kier alpha value is -1.85. The molecule has 0 spiro atoms. The minimum Gasteiger partial charge on any atom is -0.478 e. The lowest BCUT2D eigenvalue weighted by Gasteiger charge is -2.10. The van der Waals surface area contributed by atoms with Crippen LogP contribution in [0.1, 0.15) is 27.0 Å². The van der Waals surface area contributed by atoms with E-state index in [0.29, 0.717) is 25.2 Å². The number of carboxylic acids is 1. The molecule has 0 fully saturated rings. The zero-order valence-corrected chi connectivity index (χ0v) is 11.9. The Kier molecular flexibility index (Phi) is 4.11. The molecule has 5 N–H and O–H groups in total. The maximum atomic E-state index is 11.4. The molecule has 0 aliphatic carbocycles. The van der Waals surface area contributed by atoms with Crippen LogP contribution in [0.15, 0.2) is 12.3 Å². The van der Waals surface area contributed by atoms with Gasteiger partial charge in [0, 0.05) is 24.7 Å². The van der Waals surface area contributed by atoms with Crippen LogP contribution in [0.3, 0.4) is 0 Å². The van der Waals surface area contributed by atoms with Crippen LogP contribution in [-0.2, 0) is 13.0 Å². The molecule has 0 aliphatic rings. The maximum absolute atomic E-state index is 11.4. The summed E-state index contributed by atoms with van der Waals surface area (Å²) in [6.45, 7) is 5.60. The van der Waals surface area contributed by atoms with Crippen molar-refractivity contribution in [2.75, 3.05) is 13.1 Å². The van der Waals surface area contributed by atoms with Crippen molar-refractivity contribution in [2.45, 2.75) is 26.8 Å². The van der Waals surface area contributed by atoms with Crippen LogP contribution in [-0.4, -0.2) is 28.7 Å². The monoisotopic (exact) mass is 275 g/mol. The topological polar surface area (TPSA) is 94.3 Å². The SMILES string of the molecule is Cc1c(C(=O)O)cc(C)c2c1c(CCN)cn2CCN. The lowest BCUT2D eigenvalue weighted by molar-refractivity contribution is 0.0696. The summed E-state index contributed by atoms with van der Waals surface area (Å²) in [4.78, 5) is 11.4. The Morgan fingerprint density at radius 1 is 1.30 bits per heavy atom. The molecule has 1 aromatic heterocycles. The molecule has 0 saturated carbocycles. The van der Waals surface area contributed by atoms with Crippen LogP contribution in [0.4, 0.5) is 0 Å². The molecule has 0 saturated heterocycles. The second kappa shape index (κ2) is 5.64. The quantitative estimate of drug-likeness (QED) is 0.769. The molecule has 0 bridgehead atoms. The highest BCUT2D eigenvalue weighted by Gasteiger charge is 2.18. The first-order valence-corrected chi connectivity index (χ1v) is 6.76. The molecule has 1 aromatic carbocycles. The predicted molar refractivity (Wildman–Crippen MR) is 80.2 cm³/mol. The fraction of sp³-hybridized carbons (Fsp3) is 0.400.